The number of ether oxygens (including phenoxy) is 1. The van der Waals surface area contributed by atoms with Crippen LogP contribution in [0.3, 0.4) is 0 Å². The molecule has 3 rings (SSSR count). The second-order valence-electron chi connectivity index (χ2n) is 6.69. The van der Waals surface area contributed by atoms with Crippen molar-refractivity contribution in [2.24, 2.45) is 0 Å². The normalized spacial score (nSPS) is 23.4. The van der Waals surface area contributed by atoms with Gasteiger partial charge >= 0.3 is 0 Å². The summed E-state index contributed by atoms with van der Waals surface area (Å²) in [6, 6.07) is 7.60. The Morgan fingerprint density at radius 3 is 2.88 bits per heavy atom. The molecule has 0 unspecified atom stereocenters. The molecule has 5 nitrogen and oxygen atoms in total. The Hall–Kier alpha value is -2.47. The number of carbonyl (C=O) groups excluding carboxylic acids is 1. The molecular weight excluding hydrogens is 323 g/mol. The van der Waals surface area contributed by atoms with E-state index >= 15 is 0 Å². The molecule has 1 aliphatic rings. The van der Waals surface area contributed by atoms with Gasteiger partial charge in [0.2, 0.25) is 0 Å². The Bertz CT molecular complexity index is 779. The van der Waals surface area contributed by atoms with E-state index in [2.05, 4.69) is 4.98 Å². The van der Waals surface area contributed by atoms with Crippen LogP contribution in [-0.4, -0.2) is 45.7 Å². The summed E-state index contributed by atoms with van der Waals surface area (Å²) in [5.41, 5.74) is 0.166. The van der Waals surface area contributed by atoms with Crippen molar-refractivity contribution in [3.63, 3.8) is 0 Å². The monoisotopic (exact) mass is 344 g/mol. The van der Waals surface area contributed by atoms with Gasteiger partial charge in [0, 0.05) is 31.4 Å². The number of aryl methyl sites for hydroxylation is 1. The molecule has 0 aliphatic carbocycles. The summed E-state index contributed by atoms with van der Waals surface area (Å²) in [5.74, 6) is -0.190. The number of rotatable bonds is 3. The van der Waals surface area contributed by atoms with E-state index in [-0.39, 0.29) is 12.5 Å². The number of carbonyl (C=O) groups is 1. The van der Waals surface area contributed by atoms with Crippen molar-refractivity contribution in [2.75, 3.05) is 13.1 Å². The number of amides is 1. The summed E-state index contributed by atoms with van der Waals surface area (Å²) in [6.07, 6.45) is 3.15. The number of benzene rings is 1. The molecule has 1 aromatic heterocycles. The number of aliphatic hydroxyl groups is 1. The Labute approximate surface area is 146 Å². The van der Waals surface area contributed by atoms with Crippen molar-refractivity contribution in [1.29, 1.82) is 0 Å². The standard InChI is InChI=1S/C19H21FN2O3/c1-13-8-14(11-21-10-13)18(23)22-7-6-17(19(2,24)12-22)25-16-5-3-4-15(20)9-16/h3-5,8-11,17,24H,6-7,12H2,1-2H3/t17-,19-/m0/s1. The van der Waals surface area contributed by atoms with E-state index in [9.17, 15) is 14.3 Å². The minimum absolute atomic E-state index is 0.139. The molecule has 1 N–H and O–H groups in total. The third-order valence-corrected chi connectivity index (χ3v) is 4.35. The number of nitrogens with zero attached hydrogens (tertiary/aromatic N) is 2. The molecule has 0 spiro atoms. The Balaban J connectivity index is 1.70. The first kappa shape index (κ1) is 17.4. The third-order valence-electron chi connectivity index (χ3n) is 4.35. The maximum Gasteiger partial charge on any atom is 0.255 e. The van der Waals surface area contributed by atoms with Crippen molar-refractivity contribution in [3.8, 4) is 5.75 Å². The van der Waals surface area contributed by atoms with Gasteiger partial charge in [-0.15, -0.1) is 0 Å². The lowest BCUT2D eigenvalue weighted by molar-refractivity contribution is -0.0900. The van der Waals surface area contributed by atoms with Gasteiger partial charge in [0.1, 0.15) is 23.3 Å². The quantitative estimate of drug-likeness (QED) is 0.930. The van der Waals surface area contributed by atoms with Gasteiger partial charge < -0.3 is 14.7 Å². The van der Waals surface area contributed by atoms with Crippen molar-refractivity contribution in [3.05, 3.63) is 59.7 Å². The molecule has 2 heterocycles. The lowest BCUT2D eigenvalue weighted by Gasteiger charge is -2.42. The summed E-state index contributed by atoms with van der Waals surface area (Å²) >= 11 is 0. The highest BCUT2D eigenvalue weighted by molar-refractivity contribution is 5.94. The molecule has 1 amide bonds. The lowest BCUT2D eigenvalue weighted by atomic mass is 9.91. The van der Waals surface area contributed by atoms with Gasteiger partial charge in [0.25, 0.3) is 5.91 Å². The van der Waals surface area contributed by atoms with E-state index < -0.39 is 17.5 Å². The molecule has 6 heteroatoms. The first-order chi connectivity index (χ1) is 11.8. The van der Waals surface area contributed by atoms with Gasteiger partial charge in [-0.25, -0.2) is 4.39 Å². The summed E-state index contributed by atoms with van der Waals surface area (Å²) in [7, 11) is 0. The van der Waals surface area contributed by atoms with E-state index in [4.69, 9.17) is 4.74 Å². The molecule has 1 fully saturated rings. The van der Waals surface area contributed by atoms with E-state index in [1.807, 2.05) is 6.92 Å². The fraction of sp³-hybridized carbons (Fsp3) is 0.368. The largest absolute Gasteiger partial charge is 0.487 e. The molecule has 1 saturated heterocycles. The second kappa shape index (κ2) is 6.80. The number of likely N-dealkylation sites (tertiary alicyclic amines) is 1. The molecule has 0 saturated carbocycles. The molecule has 25 heavy (non-hydrogen) atoms. The number of aromatic nitrogens is 1. The maximum absolute atomic E-state index is 13.3. The summed E-state index contributed by atoms with van der Waals surface area (Å²) in [5, 5.41) is 10.8. The minimum Gasteiger partial charge on any atom is -0.487 e. The van der Waals surface area contributed by atoms with Gasteiger partial charge in [0.15, 0.2) is 0 Å². The van der Waals surface area contributed by atoms with Crippen LogP contribution in [0.15, 0.2) is 42.7 Å². The van der Waals surface area contributed by atoms with Gasteiger partial charge in [-0.05, 0) is 37.6 Å². The fourth-order valence-electron chi connectivity index (χ4n) is 3.07. The van der Waals surface area contributed by atoms with Gasteiger partial charge in [-0.3, -0.25) is 9.78 Å². The zero-order valence-corrected chi connectivity index (χ0v) is 14.3. The van der Waals surface area contributed by atoms with Gasteiger partial charge in [-0.1, -0.05) is 6.07 Å². The second-order valence-corrected chi connectivity index (χ2v) is 6.69. The number of pyridine rings is 1. The van der Waals surface area contributed by atoms with E-state index in [1.165, 1.54) is 18.3 Å². The van der Waals surface area contributed by atoms with Crippen LogP contribution in [0.4, 0.5) is 4.39 Å². The molecule has 0 bridgehead atoms. The average Bonchev–Trinajstić information content (AvgIpc) is 2.56. The molecule has 1 aliphatic heterocycles. The fourth-order valence-corrected chi connectivity index (χ4v) is 3.07. The van der Waals surface area contributed by atoms with E-state index in [1.54, 1.807) is 36.2 Å². The molecule has 2 atom stereocenters. The number of hydrogen-bond donors (Lipinski definition) is 1. The van der Waals surface area contributed by atoms with Crippen LogP contribution in [0.5, 0.6) is 5.75 Å². The van der Waals surface area contributed by atoms with Crippen LogP contribution in [0.1, 0.15) is 29.3 Å². The van der Waals surface area contributed by atoms with Crippen molar-refractivity contribution >= 4 is 5.91 Å². The third kappa shape index (κ3) is 3.96. The van der Waals surface area contributed by atoms with Crippen molar-refractivity contribution in [2.45, 2.75) is 32.0 Å². The Kier molecular flexibility index (Phi) is 4.72. The zero-order chi connectivity index (χ0) is 18.0. The SMILES string of the molecule is Cc1cncc(C(=O)N2CC[C@H](Oc3cccc(F)c3)[C@@](C)(O)C2)c1. The first-order valence-corrected chi connectivity index (χ1v) is 8.21. The smallest absolute Gasteiger partial charge is 0.255 e. The summed E-state index contributed by atoms with van der Waals surface area (Å²) < 4.78 is 19.1. The van der Waals surface area contributed by atoms with Gasteiger partial charge in [-0.2, -0.15) is 0 Å². The number of piperidine rings is 1. The molecule has 2 aromatic rings. The predicted molar refractivity (Wildman–Crippen MR) is 90.9 cm³/mol. The summed E-state index contributed by atoms with van der Waals surface area (Å²) in [6.45, 7) is 4.09. The molecule has 132 valence electrons. The van der Waals surface area contributed by atoms with Crippen LogP contribution in [-0.2, 0) is 0 Å². The minimum atomic E-state index is -1.24. The van der Waals surface area contributed by atoms with Crippen LogP contribution < -0.4 is 4.74 Å². The molecule has 0 radical (unpaired) electrons. The zero-order valence-electron chi connectivity index (χ0n) is 14.3. The maximum atomic E-state index is 13.3. The number of hydrogen-bond acceptors (Lipinski definition) is 4. The van der Waals surface area contributed by atoms with Crippen LogP contribution in [0.2, 0.25) is 0 Å². The highest BCUT2D eigenvalue weighted by Gasteiger charge is 2.41. The van der Waals surface area contributed by atoms with Crippen LogP contribution in [0, 0.1) is 12.7 Å². The highest BCUT2D eigenvalue weighted by atomic mass is 19.1. The lowest BCUT2D eigenvalue weighted by Crippen LogP contribution is -2.58. The van der Waals surface area contributed by atoms with Crippen LogP contribution in [0.25, 0.3) is 0 Å². The summed E-state index contributed by atoms with van der Waals surface area (Å²) in [4.78, 5) is 18.3. The highest BCUT2D eigenvalue weighted by Crippen LogP contribution is 2.27. The Morgan fingerprint density at radius 2 is 2.20 bits per heavy atom. The number of halogens is 1. The van der Waals surface area contributed by atoms with Crippen molar-refractivity contribution < 1.29 is 19.0 Å². The van der Waals surface area contributed by atoms with E-state index in [0.717, 1.165) is 5.56 Å². The average molecular weight is 344 g/mol. The van der Waals surface area contributed by atoms with Crippen molar-refractivity contribution in [1.82, 2.24) is 9.88 Å². The Morgan fingerprint density at radius 1 is 1.40 bits per heavy atom. The number of β-amino-alcohol motifs (C(OH)–C–C–N with tert-alkyl or cyclic N) is 1. The molecular formula is C19H21FN2O3. The molecule has 1 aromatic carbocycles. The first-order valence-electron chi connectivity index (χ1n) is 8.21. The predicted octanol–water partition coefficient (Wildman–Crippen LogP) is 2.57. The topological polar surface area (TPSA) is 62.7 Å². The van der Waals surface area contributed by atoms with E-state index in [0.29, 0.717) is 24.3 Å². The van der Waals surface area contributed by atoms with Gasteiger partial charge in [0.05, 0.1) is 12.1 Å². The van der Waals surface area contributed by atoms with Crippen LogP contribution >= 0.6 is 0 Å².